The lowest BCUT2D eigenvalue weighted by molar-refractivity contribution is -0.144. The highest BCUT2D eigenvalue weighted by molar-refractivity contribution is 5.88. The second-order valence-corrected chi connectivity index (χ2v) is 7.43. The molecule has 150 valence electrons. The molecule has 0 atom stereocenters. The number of esters is 2. The van der Waals surface area contributed by atoms with Gasteiger partial charge in [0.2, 0.25) is 0 Å². The van der Waals surface area contributed by atoms with Gasteiger partial charge in [-0.25, -0.2) is 9.59 Å². The molecule has 0 heterocycles. The molecule has 29 heavy (non-hydrogen) atoms. The van der Waals surface area contributed by atoms with Crippen LogP contribution in [0, 0.1) is 0 Å². The van der Waals surface area contributed by atoms with E-state index < -0.39 is 5.97 Å². The lowest BCUT2D eigenvalue weighted by atomic mass is 9.82. The second kappa shape index (κ2) is 9.37. The van der Waals surface area contributed by atoms with E-state index in [4.69, 9.17) is 9.47 Å². The number of rotatable bonds is 6. The van der Waals surface area contributed by atoms with E-state index in [9.17, 15) is 9.59 Å². The zero-order chi connectivity index (χ0) is 20.8. The minimum Gasteiger partial charge on any atom is -0.459 e. The van der Waals surface area contributed by atoms with Gasteiger partial charge in [-0.2, -0.15) is 0 Å². The van der Waals surface area contributed by atoms with Gasteiger partial charge in [0.15, 0.2) is 0 Å². The molecule has 1 aliphatic carbocycles. The summed E-state index contributed by atoms with van der Waals surface area (Å²) < 4.78 is 10.6. The molecule has 0 unspecified atom stereocenters. The van der Waals surface area contributed by atoms with Crippen LogP contribution in [-0.4, -0.2) is 18.0 Å². The van der Waals surface area contributed by atoms with Crippen LogP contribution in [0.5, 0.6) is 5.75 Å². The summed E-state index contributed by atoms with van der Waals surface area (Å²) in [6.45, 7) is 8.65. The van der Waals surface area contributed by atoms with Crippen LogP contribution in [0.1, 0.15) is 44.1 Å². The quantitative estimate of drug-likeness (QED) is 0.366. The Hall–Kier alpha value is -3.14. The molecular weight excluding hydrogens is 364 g/mol. The van der Waals surface area contributed by atoms with E-state index in [1.54, 1.807) is 19.1 Å². The third kappa shape index (κ3) is 5.44. The standard InChI is InChI=1S/C25H26O4/c1-4-24(26)28-22-13-9-20(10-14-22)18-5-7-19(8-6-18)21-11-15-23(16-12-21)29-25(27)17(2)3/h4-8,11-12,15-16,20,22H,1-2,9-10,13-14H2,3H3. The van der Waals surface area contributed by atoms with Crippen molar-refractivity contribution in [3.8, 4) is 16.9 Å². The largest absolute Gasteiger partial charge is 0.459 e. The van der Waals surface area contributed by atoms with E-state index in [1.165, 1.54) is 11.6 Å². The molecule has 1 saturated carbocycles. The zero-order valence-electron chi connectivity index (χ0n) is 16.7. The van der Waals surface area contributed by atoms with Gasteiger partial charge < -0.3 is 9.47 Å². The van der Waals surface area contributed by atoms with Crippen molar-refractivity contribution in [2.75, 3.05) is 0 Å². The van der Waals surface area contributed by atoms with Gasteiger partial charge in [0.05, 0.1) is 0 Å². The van der Waals surface area contributed by atoms with E-state index in [-0.39, 0.29) is 12.1 Å². The number of carbonyl (C=O) groups excluding carboxylic acids is 2. The highest BCUT2D eigenvalue weighted by Gasteiger charge is 2.24. The fraction of sp³-hybridized carbons (Fsp3) is 0.280. The first-order valence-electron chi connectivity index (χ1n) is 9.87. The van der Waals surface area contributed by atoms with E-state index in [0.717, 1.165) is 36.8 Å². The molecule has 0 spiro atoms. The summed E-state index contributed by atoms with van der Waals surface area (Å²) in [7, 11) is 0. The highest BCUT2D eigenvalue weighted by atomic mass is 16.5. The predicted octanol–water partition coefficient (Wildman–Crippen LogP) is 5.59. The Morgan fingerprint density at radius 1 is 0.931 bits per heavy atom. The summed E-state index contributed by atoms with van der Waals surface area (Å²) in [5.74, 6) is 0.244. The van der Waals surface area contributed by atoms with Gasteiger partial charge in [-0.15, -0.1) is 0 Å². The van der Waals surface area contributed by atoms with E-state index in [0.29, 0.717) is 17.2 Å². The molecule has 0 aliphatic heterocycles. The minimum atomic E-state index is -0.420. The van der Waals surface area contributed by atoms with Crippen molar-refractivity contribution in [1.29, 1.82) is 0 Å². The average molecular weight is 390 g/mol. The summed E-state index contributed by atoms with van der Waals surface area (Å²) >= 11 is 0. The molecule has 4 heteroatoms. The summed E-state index contributed by atoms with van der Waals surface area (Å²) in [5.41, 5.74) is 3.86. The average Bonchev–Trinajstić information content (AvgIpc) is 2.75. The van der Waals surface area contributed by atoms with Crippen LogP contribution in [0.4, 0.5) is 0 Å². The van der Waals surface area contributed by atoms with E-state index >= 15 is 0 Å². The Kier molecular flexibility index (Phi) is 6.65. The molecule has 0 amide bonds. The number of hydrogen-bond acceptors (Lipinski definition) is 4. The second-order valence-electron chi connectivity index (χ2n) is 7.43. The van der Waals surface area contributed by atoms with Crippen molar-refractivity contribution < 1.29 is 19.1 Å². The van der Waals surface area contributed by atoms with Gasteiger partial charge in [-0.3, -0.25) is 0 Å². The molecule has 0 saturated heterocycles. The third-order valence-corrected chi connectivity index (χ3v) is 5.25. The predicted molar refractivity (Wildman–Crippen MR) is 114 cm³/mol. The molecule has 2 aromatic rings. The Morgan fingerprint density at radius 3 is 2.00 bits per heavy atom. The van der Waals surface area contributed by atoms with Gasteiger partial charge in [0.1, 0.15) is 11.9 Å². The smallest absolute Gasteiger partial charge is 0.338 e. The summed E-state index contributed by atoms with van der Waals surface area (Å²) in [6, 6.07) is 16.0. The maximum Gasteiger partial charge on any atom is 0.338 e. The number of hydrogen-bond donors (Lipinski definition) is 0. The topological polar surface area (TPSA) is 52.6 Å². The molecule has 0 bridgehead atoms. The Morgan fingerprint density at radius 2 is 1.48 bits per heavy atom. The van der Waals surface area contributed by atoms with Crippen LogP contribution >= 0.6 is 0 Å². The molecule has 0 radical (unpaired) electrons. The van der Waals surface area contributed by atoms with Crippen LogP contribution in [-0.2, 0) is 14.3 Å². The van der Waals surface area contributed by atoms with Crippen molar-refractivity contribution in [1.82, 2.24) is 0 Å². The zero-order valence-corrected chi connectivity index (χ0v) is 16.7. The number of ether oxygens (including phenoxy) is 2. The fourth-order valence-electron chi connectivity index (χ4n) is 3.58. The lowest BCUT2D eigenvalue weighted by Gasteiger charge is -2.28. The molecule has 3 rings (SSSR count). The maximum atomic E-state index is 11.6. The summed E-state index contributed by atoms with van der Waals surface area (Å²) in [5, 5.41) is 0. The first-order chi connectivity index (χ1) is 14.0. The SMILES string of the molecule is C=CC(=O)OC1CCC(c2ccc(-c3ccc(OC(=O)C(=C)C)cc3)cc2)CC1. The number of benzene rings is 2. The normalized spacial score (nSPS) is 18.5. The van der Waals surface area contributed by atoms with Crippen LogP contribution in [0.2, 0.25) is 0 Å². The van der Waals surface area contributed by atoms with Crippen molar-refractivity contribution in [2.24, 2.45) is 0 Å². The van der Waals surface area contributed by atoms with E-state index in [1.807, 2.05) is 12.1 Å². The first-order valence-corrected chi connectivity index (χ1v) is 9.87. The van der Waals surface area contributed by atoms with Crippen LogP contribution in [0.15, 0.2) is 73.3 Å². The molecule has 0 N–H and O–H groups in total. The first kappa shape index (κ1) is 20.6. The van der Waals surface area contributed by atoms with Crippen molar-refractivity contribution in [3.63, 3.8) is 0 Å². The molecule has 4 nitrogen and oxygen atoms in total. The Balaban J connectivity index is 1.59. The van der Waals surface area contributed by atoms with Gasteiger partial charge in [0.25, 0.3) is 0 Å². The van der Waals surface area contributed by atoms with E-state index in [2.05, 4.69) is 37.4 Å². The Bertz CT molecular complexity index is 885. The van der Waals surface area contributed by atoms with Crippen LogP contribution < -0.4 is 4.74 Å². The molecule has 0 aromatic heterocycles. The maximum absolute atomic E-state index is 11.6. The third-order valence-electron chi connectivity index (χ3n) is 5.25. The fourth-order valence-corrected chi connectivity index (χ4v) is 3.58. The van der Waals surface area contributed by atoms with Crippen LogP contribution in [0.3, 0.4) is 0 Å². The van der Waals surface area contributed by atoms with Crippen LogP contribution in [0.25, 0.3) is 11.1 Å². The molecule has 2 aromatic carbocycles. The molecule has 1 fully saturated rings. The Labute approximate surface area is 171 Å². The monoisotopic (exact) mass is 390 g/mol. The van der Waals surface area contributed by atoms with Gasteiger partial charge in [-0.1, -0.05) is 49.6 Å². The van der Waals surface area contributed by atoms with Gasteiger partial charge in [-0.05, 0) is 67.3 Å². The highest BCUT2D eigenvalue weighted by Crippen LogP contribution is 2.35. The molecular formula is C25H26O4. The van der Waals surface area contributed by atoms with Crippen molar-refractivity contribution in [2.45, 2.75) is 44.6 Å². The summed E-state index contributed by atoms with van der Waals surface area (Å²) in [6.07, 6.45) is 5.02. The van der Waals surface area contributed by atoms with Crippen molar-refractivity contribution in [3.05, 3.63) is 78.9 Å². The summed E-state index contributed by atoms with van der Waals surface area (Å²) in [4.78, 5) is 22.9. The minimum absolute atomic E-state index is 0.00788. The van der Waals surface area contributed by atoms with Gasteiger partial charge >= 0.3 is 11.9 Å². The lowest BCUT2D eigenvalue weighted by Crippen LogP contribution is -2.23. The molecule has 1 aliphatic rings. The van der Waals surface area contributed by atoms with Gasteiger partial charge in [0, 0.05) is 11.6 Å². The number of carbonyl (C=O) groups is 2. The van der Waals surface area contributed by atoms with Crippen molar-refractivity contribution >= 4 is 11.9 Å².